The smallest absolute Gasteiger partial charge is 0.378 e. The SMILES string of the molecule is Cc1nc(C(F)(F)F)nc(N2CCOCC2)c1C. The molecule has 18 heavy (non-hydrogen) atoms. The van der Waals surface area contributed by atoms with Crippen LogP contribution in [-0.4, -0.2) is 36.3 Å². The van der Waals surface area contributed by atoms with Gasteiger partial charge in [0, 0.05) is 24.3 Å². The fourth-order valence-corrected chi connectivity index (χ4v) is 1.82. The molecule has 0 atom stereocenters. The number of hydrogen-bond acceptors (Lipinski definition) is 4. The molecule has 1 aliphatic heterocycles. The number of alkyl halides is 3. The second-order valence-electron chi connectivity index (χ2n) is 4.18. The van der Waals surface area contributed by atoms with Crippen molar-refractivity contribution >= 4 is 5.82 Å². The third-order valence-electron chi connectivity index (χ3n) is 2.93. The van der Waals surface area contributed by atoms with Crippen LogP contribution in [-0.2, 0) is 10.9 Å². The van der Waals surface area contributed by atoms with Gasteiger partial charge in [-0.1, -0.05) is 0 Å². The van der Waals surface area contributed by atoms with Gasteiger partial charge in [-0.05, 0) is 13.8 Å². The zero-order valence-electron chi connectivity index (χ0n) is 10.2. The molecule has 4 nitrogen and oxygen atoms in total. The Morgan fingerprint density at radius 1 is 1.11 bits per heavy atom. The summed E-state index contributed by atoms with van der Waals surface area (Å²) in [6.07, 6.45) is -4.51. The summed E-state index contributed by atoms with van der Waals surface area (Å²) < 4.78 is 43.2. The van der Waals surface area contributed by atoms with Crippen LogP contribution in [0.15, 0.2) is 0 Å². The van der Waals surface area contributed by atoms with Crippen molar-refractivity contribution in [2.45, 2.75) is 20.0 Å². The molecule has 1 aromatic rings. The molecular weight excluding hydrogens is 247 g/mol. The van der Waals surface area contributed by atoms with Crippen LogP contribution in [0.3, 0.4) is 0 Å². The van der Waals surface area contributed by atoms with Crippen LogP contribution in [0.5, 0.6) is 0 Å². The molecule has 100 valence electrons. The van der Waals surface area contributed by atoms with Crippen molar-refractivity contribution in [3.05, 3.63) is 17.1 Å². The fraction of sp³-hybridized carbons (Fsp3) is 0.636. The highest BCUT2D eigenvalue weighted by molar-refractivity contribution is 5.48. The molecule has 1 aliphatic rings. The summed E-state index contributed by atoms with van der Waals surface area (Å²) in [5, 5.41) is 0. The van der Waals surface area contributed by atoms with Crippen molar-refractivity contribution in [2.75, 3.05) is 31.2 Å². The first-order chi connectivity index (χ1) is 8.39. The topological polar surface area (TPSA) is 38.2 Å². The molecule has 0 radical (unpaired) electrons. The number of hydrogen-bond donors (Lipinski definition) is 0. The van der Waals surface area contributed by atoms with Gasteiger partial charge in [-0.2, -0.15) is 13.2 Å². The number of rotatable bonds is 1. The van der Waals surface area contributed by atoms with Crippen LogP contribution >= 0.6 is 0 Å². The summed E-state index contributed by atoms with van der Waals surface area (Å²) in [5.74, 6) is -0.717. The van der Waals surface area contributed by atoms with Gasteiger partial charge in [-0.15, -0.1) is 0 Å². The summed E-state index contributed by atoms with van der Waals surface area (Å²) in [6, 6.07) is 0. The first kappa shape index (κ1) is 13.1. The van der Waals surface area contributed by atoms with Gasteiger partial charge in [0.25, 0.3) is 0 Å². The molecule has 0 amide bonds. The van der Waals surface area contributed by atoms with E-state index in [4.69, 9.17) is 4.74 Å². The standard InChI is InChI=1S/C11H14F3N3O/c1-7-8(2)15-10(11(12,13)14)16-9(7)17-3-5-18-6-4-17/h3-6H2,1-2H3. The predicted molar refractivity (Wildman–Crippen MR) is 59.5 cm³/mol. The summed E-state index contributed by atoms with van der Waals surface area (Å²) in [5.41, 5.74) is 1.05. The highest BCUT2D eigenvalue weighted by atomic mass is 19.4. The lowest BCUT2D eigenvalue weighted by Gasteiger charge is -2.29. The molecule has 0 aliphatic carbocycles. The van der Waals surface area contributed by atoms with Gasteiger partial charge in [0.05, 0.1) is 13.2 Å². The maximum atomic E-state index is 12.7. The average molecular weight is 261 g/mol. The van der Waals surface area contributed by atoms with E-state index in [0.29, 0.717) is 43.4 Å². The average Bonchev–Trinajstić information content (AvgIpc) is 2.32. The highest BCUT2D eigenvalue weighted by Crippen LogP contribution is 2.30. The van der Waals surface area contributed by atoms with Crippen molar-refractivity contribution < 1.29 is 17.9 Å². The van der Waals surface area contributed by atoms with Gasteiger partial charge in [-0.25, -0.2) is 9.97 Å². The quantitative estimate of drug-likeness (QED) is 0.774. The lowest BCUT2D eigenvalue weighted by molar-refractivity contribution is -0.145. The van der Waals surface area contributed by atoms with E-state index in [1.807, 2.05) is 4.90 Å². The summed E-state index contributed by atoms with van der Waals surface area (Å²) in [7, 11) is 0. The van der Waals surface area contributed by atoms with Crippen molar-refractivity contribution in [3.8, 4) is 0 Å². The van der Waals surface area contributed by atoms with Crippen molar-refractivity contribution in [1.29, 1.82) is 0 Å². The van der Waals surface area contributed by atoms with Gasteiger partial charge in [0.2, 0.25) is 5.82 Å². The monoisotopic (exact) mass is 261 g/mol. The molecule has 2 rings (SSSR count). The summed E-state index contributed by atoms with van der Waals surface area (Å²) >= 11 is 0. The Morgan fingerprint density at radius 2 is 1.72 bits per heavy atom. The normalized spacial score (nSPS) is 17.1. The van der Waals surface area contributed by atoms with Gasteiger partial charge >= 0.3 is 6.18 Å². The van der Waals surface area contributed by atoms with Gasteiger partial charge in [0.1, 0.15) is 5.82 Å². The number of halogens is 3. The maximum Gasteiger partial charge on any atom is 0.451 e. The lowest BCUT2D eigenvalue weighted by atomic mass is 10.2. The minimum atomic E-state index is -4.51. The minimum Gasteiger partial charge on any atom is -0.378 e. The molecule has 1 saturated heterocycles. The molecule has 2 heterocycles. The van der Waals surface area contributed by atoms with E-state index < -0.39 is 12.0 Å². The molecule has 1 aromatic heterocycles. The predicted octanol–water partition coefficient (Wildman–Crippen LogP) is 1.95. The number of aromatic nitrogens is 2. The fourth-order valence-electron chi connectivity index (χ4n) is 1.82. The van der Waals surface area contributed by atoms with Crippen LogP contribution in [0.2, 0.25) is 0 Å². The van der Waals surface area contributed by atoms with E-state index in [9.17, 15) is 13.2 Å². The van der Waals surface area contributed by atoms with E-state index in [0.717, 1.165) is 0 Å². The van der Waals surface area contributed by atoms with Crippen LogP contribution in [0.1, 0.15) is 17.1 Å². The number of nitrogens with zero attached hydrogens (tertiary/aromatic N) is 3. The first-order valence-corrected chi connectivity index (χ1v) is 5.64. The summed E-state index contributed by atoms with van der Waals surface area (Å²) in [4.78, 5) is 8.98. The van der Waals surface area contributed by atoms with Crippen LogP contribution in [0, 0.1) is 13.8 Å². The Balaban J connectivity index is 2.42. The Morgan fingerprint density at radius 3 is 2.28 bits per heavy atom. The first-order valence-electron chi connectivity index (χ1n) is 5.64. The molecule has 0 aromatic carbocycles. The zero-order chi connectivity index (χ0) is 13.3. The molecule has 0 unspecified atom stereocenters. The molecule has 0 N–H and O–H groups in total. The van der Waals surface area contributed by atoms with E-state index in [2.05, 4.69) is 9.97 Å². The second-order valence-corrected chi connectivity index (χ2v) is 4.18. The van der Waals surface area contributed by atoms with E-state index in [1.165, 1.54) is 0 Å². The zero-order valence-corrected chi connectivity index (χ0v) is 10.2. The minimum absolute atomic E-state index is 0.359. The Kier molecular flexibility index (Phi) is 3.43. The molecule has 1 fully saturated rings. The van der Waals surface area contributed by atoms with Crippen molar-refractivity contribution in [2.24, 2.45) is 0 Å². The number of morpholine rings is 1. The van der Waals surface area contributed by atoms with Crippen molar-refractivity contribution in [1.82, 2.24) is 9.97 Å². The van der Waals surface area contributed by atoms with E-state index in [1.54, 1.807) is 13.8 Å². The van der Waals surface area contributed by atoms with Gasteiger partial charge in [-0.3, -0.25) is 0 Å². The third-order valence-corrected chi connectivity index (χ3v) is 2.93. The summed E-state index contributed by atoms with van der Waals surface area (Å²) in [6.45, 7) is 5.41. The third kappa shape index (κ3) is 2.55. The Bertz CT molecular complexity index is 442. The molecule has 0 bridgehead atoms. The van der Waals surface area contributed by atoms with E-state index in [-0.39, 0.29) is 0 Å². The Hall–Kier alpha value is -1.37. The lowest BCUT2D eigenvalue weighted by Crippen LogP contribution is -2.37. The molecule has 0 spiro atoms. The van der Waals surface area contributed by atoms with Gasteiger partial charge in [0.15, 0.2) is 0 Å². The van der Waals surface area contributed by atoms with Crippen LogP contribution < -0.4 is 4.90 Å². The molecular formula is C11H14F3N3O. The molecule has 7 heteroatoms. The van der Waals surface area contributed by atoms with Crippen LogP contribution in [0.4, 0.5) is 19.0 Å². The number of aryl methyl sites for hydroxylation is 1. The van der Waals surface area contributed by atoms with E-state index >= 15 is 0 Å². The van der Waals surface area contributed by atoms with Crippen molar-refractivity contribution in [3.63, 3.8) is 0 Å². The highest BCUT2D eigenvalue weighted by Gasteiger charge is 2.36. The maximum absolute atomic E-state index is 12.7. The number of ether oxygens (including phenoxy) is 1. The van der Waals surface area contributed by atoms with Gasteiger partial charge < -0.3 is 9.64 Å². The largest absolute Gasteiger partial charge is 0.451 e. The molecule has 0 saturated carbocycles. The Labute approximate surface area is 103 Å². The number of anilines is 1. The second kappa shape index (κ2) is 4.72. The van der Waals surface area contributed by atoms with Crippen LogP contribution in [0.25, 0.3) is 0 Å².